The number of rotatable bonds is 4. The molecule has 0 spiro atoms. The average Bonchev–Trinajstić information content (AvgIpc) is 3.23. The molecule has 7 nitrogen and oxygen atoms in total. The van der Waals surface area contributed by atoms with Crippen molar-refractivity contribution in [3.63, 3.8) is 0 Å². The third-order valence-corrected chi connectivity index (χ3v) is 5.43. The number of nitrogens with two attached hydrogens (primary N) is 1. The van der Waals surface area contributed by atoms with Gasteiger partial charge < -0.3 is 15.2 Å². The number of fused-ring (bicyclic) bond motifs is 1. The second-order valence-electron chi connectivity index (χ2n) is 7.84. The Balaban J connectivity index is 1.63. The highest BCUT2D eigenvalue weighted by atomic mass is 16.5. The predicted molar refractivity (Wildman–Crippen MR) is 109 cm³/mol. The Morgan fingerprint density at radius 3 is 2.76 bits per heavy atom. The van der Waals surface area contributed by atoms with Crippen molar-refractivity contribution < 1.29 is 14.1 Å². The van der Waals surface area contributed by atoms with Gasteiger partial charge >= 0.3 is 0 Å². The van der Waals surface area contributed by atoms with Crippen LogP contribution in [0, 0.1) is 0 Å². The van der Waals surface area contributed by atoms with Crippen molar-refractivity contribution >= 4 is 22.7 Å². The van der Waals surface area contributed by atoms with Gasteiger partial charge in [-0.05, 0) is 25.0 Å². The fraction of sp³-hybridized carbons (Fsp3) is 0.364. The van der Waals surface area contributed by atoms with Crippen molar-refractivity contribution in [2.45, 2.75) is 38.5 Å². The van der Waals surface area contributed by atoms with Crippen LogP contribution in [0.1, 0.15) is 70.8 Å². The number of benzene rings is 1. The molecule has 1 aliphatic heterocycles. The number of carbonyl (C=O) groups is 2. The van der Waals surface area contributed by atoms with E-state index in [-0.39, 0.29) is 17.7 Å². The molecule has 3 heterocycles. The molecule has 2 amide bonds. The highest BCUT2D eigenvalue weighted by molar-refractivity contribution is 5.98. The summed E-state index contributed by atoms with van der Waals surface area (Å²) in [7, 11) is 0. The predicted octanol–water partition coefficient (Wildman–Crippen LogP) is 3.46. The first-order valence-corrected chi connectivity index (χ1v) is 9.89. The second kappa shape index (κ2) is 7.66. The second-order valence-corrected chi connectivity index (χ2v) is 7.84. The van der Waals surface area contributed by atoms with Crippen LogP contribution in [0.2, 0.25) is 0 Å². The Labute approximate surface area is 168 Å². The number of hydrogen-bond acceptors (Lipinski definition) is 5. The van der Waals surface area contributed by atoms with E-state index in [9.17, 15) is 9.59 Å². The maximum atomic E-state index is 12.9. The molecule has 0 bridgehead atoms. The summed E-state index contributed by atoms with van der Waals surface area (Å²) in [5, 5.41) is 4.81. The number of nitrogens with zero attached hydrogens (tertiary/aromatic N) is 3. The van der Waals surface area contributed by atoms with E-state index in [4.69, 9.17) is 15.2 Å². The van der Waals surface area contributed by atoms with Gasteiger partial charge in [0.1, 0.15) is 5.76 Å². The van der Waals surface area contributed by atoms with Crippen molar-refractivity contribution in [3.8, 4) is 0 Å². The molecule has 1 aromatic carbocycles. The lowest BCUT2D eigenvalue weighted by atomic mass is 9.90. The van der Waals surface area contributed by atoms with Crippen LogP contribution < -0.4 is 5.73 Å². The highest BCUT2D eigenvalue weighted by Gasteiger charge is 2.30. The Kier molecular flexibility index (Phi) is 5.05. The molecule has 1 aliphatic rings. The third-order valence-electron chi connectivity index (χ3n) is 5.43. The Bertz CT molecular complexity index is 1070. The standard InChI is InChI=1S/C22H24N4O3/c1-13(2)19-11-18(25-29-19)22(28)26-9-5-7-15(12-26)20-16(21(23)27)10-14-6-3-4-8-17(14)24-20/h3-4,6,8,10-11,13,15H,5,7,9,12H2,1-2H3,(H2,23,27). The number of aromatic nitrogens is 2. The van der Waals surface area contributed by atoms with Crippen LogP contribution >= 0.6 is 0 Å². The lowest BCUT2D eigenvalue weighted by Crippen LogP contribution is -2.40. The first-order chi connectivity index (χ1) is 13.9. The summed E-state index contributed by atoms with van der Waals surface area (Å²) in [6.45, 7) is 5.08. The fourth-order valence-electron chi connectivity index (χ4n) is 3.85. The van der Waals surface area contributed by atoms with Gasteiger partial charge in [-0.25, -0.2) is 0 Å². The average molecular weight is 392 g/mol. The molecular weight excluding hydrogens is 368 g/mol. The first kappa shape index (κ1) is 19.1. The normalized spacial score (nSPS) is 17.1. The lowest BCUT2D eigenvalue weighted by molar-refractivity contribution is 0.0695. The van der Waals surface area contributed by atoms with Crippen LogP contribution in [-0.4, -0.2) is 39.9 Å². The van der Waals surface area contributed by atoms with Crippen molar-refractivity contribution in [2.75, 3.05) is 13.1 Å². The van der Waals surface area contributed by atoms with E-state index >= 15 is 0 Å². The quantitative estimate of drug-likeness (QED) is 0.732. The first-order valence-electron chi connectivity index (χ1n) is 9.89. The molecule has 7 heteroatoms. The van der Waals surface area contributed by atoms with Crippen LogP contribution in [0.5, 0.6) is 0 Å². The SMILES string of the molecule is CC(C)c1cc(C(=O)N2CCCC(c3nc4ccccc4cc3C(N)=O)C2)no1. The minimum Gasteiger partial charge on any atom is -0.366 e. The van der Waals surface area contributed by atoms with Gasteiger partial charge in [-0.1, -0.05) is 37.2 Å². The summed E-state index contributed by atoms with van der Waals surface area (Å²) in [4.78, 5) is 31.5. The van der Waals surface area contributed by atoms with Crippen molar-refractivity contribution in [2.24, 2.45) is 5.73 Å². The van der Waals surface area contributed by atoms with Crippen LogP contribution in [0.4, 0.5) is 0 Å². The van der Waals surface area contributed by atoms with E-state index in [1.807, 2.05) is 38.1 Å². The molecule has 29 heavy (non-hydrogen) atoms. The van der Waals surface area contributed by atoms with Crippen LogP contribution in [0.25, 0.3) is 10.9 Å². The minimum atomic E-state index is -0.500. The molecule has 1 unspecified atom stereocenters. The van der Waals surface area contributed by atoms with Crippen LogP contribution in [0.15, 0.2) is 40.9 Å². The number of pyridine rings is 1. The van der Waals surface area contributed by atoms with Crippen molar-refractivity contribution in [1.82, 2.24) is 15.0 Å². The van der Waals surface area contributed by atoms with Crippen LogP contribution in [-0.2, 0) is 0 Å². The Morgan fingerprint density at radius 2 is 2.03 bits per heavy atom. The van der Waals surface area contributed by atoms with E-state index in [0.29, 0.717) is 35.8 Å². The molecule has 1 fully saturated rings. The third kappa shape index (κ3) is 3.72. The zero-order chi connectivity index (χ0) is 20.5. The number of hydrogen-bond donors (Lipinski definition) is 1. The number of carbonyl (C=O) groups excluding carboxylic acids is 2. The lowest BCUT2D eigenvalue weighted by Gasteiger charge is -2.32. The smallest absolute Gasteiger partial charge is 0.276 e. The summed E-state index contributed by atoms with van der Waals surface area (Å²) in [5.41, 5.74) is 7.86. The summed E-state index contributed by atoms with van der Waals surface area (Å²) in [6.07, 6.45) is 1.66. The zero-order valence-corrected chi connectivity index (χ0v) is 16.6. The molecule has 2 aromatic heterocycles. The van der Waals surface area contributed by atoms with E-state index in [1.165, 1.54) is 0 Å². The van der Waals surface area contributed by atoms with Gasteiger partial charge in [0, 0.05) is 36.4 Å². The molecule has 0 saturated carbocycles. The summed E-state index contributed by atoms with van der Waals surface area (Å²) in [5.74, 6) is 0.134. The van der Waals surface area contributed by atoms with Gasteiger partial charge in [-0.3, -0.25) is 14.6 Å². The summed E-state index contributed by atoms with van der Waals surface area (Å²) in [6, 6.07) is 11.1. The molecule has 1 atom stereocenters. The van der Waals surface area contributed by atoms with E-state index in [0.717, 1.165) is 23.7 Å². The molecule has 150 valence electrons. The van der Waals surface area contributed by atoms with Gasteiger partial charge in [0.25, 0.3) is 11.8 Å². The molecule has 1 saturated heterocycles. The van der Waals surface area contributed by atoms with E-state index < -0.39 is 5.91 Å². The molecule has 3 aromatic rings. The van der Waals surface area contributed by atoms with Gasteiger partial charge in [0.15, 0.2) is 5.69 Å². The number of piperidine rings is 1. The van der Waals surface area contributed by atoms with Gasteiger partial charge in [0.2, 0.25) is 0 Å². The van der Waals surface area contributed by atoms with Gasteiger partial charge in [-0.15, -0.1) is 0 Å². The van der Waals surface area contributed by atoms with Gasteiger partial charge in [0.05, 0.1) is 16.8 Å². The van der Waals surface area contributed by atoms with Gasteiger partial charge in [-0.2, -0.15) is 0 Å². The molecular formula is C22H24N4O3. The monoisotopic (exact) mass is 392 g/mol. The number of likely N-dealkylation sites (tertiary alicyclic amines) is 1. The van der Waals surface area contributed by atoms with E-state index in [1.54, 1.807) is 17.0 Å². The number of amides is 2. The molecule has 0 radical (unpaired) electrons. The van der Waals surface area contributed by atoms with Crippen LogP contribution in [0.3, 0.4) is 0 Å². The topological polar surface area (TPSA) is 102 Å². The molecule has 4 rings (SSSR count). The van der Waals surface area contributed by atoms with E-state index in [2.05, 4.69) is 5.16 Å². The summed E-state index contributed by atoms with van der Waals surface area (Å²) < 4.78 is 5.28. The highest BCUT2D eigenvalue weighted by Crippen LogP contribution is 2.31. The Morgan fingerprint density at radius 1 is 1.24 bits per heavy atom. The minimum absolute atomic E-state index is 0.0590. The molecule has 2 N–H and O–H groups in total. The largest absolute Gasteiger partial charge is 0.366 e. The molecule has 0 aliphatic carbocycles. The maximum Gasteiger partial charge on any atom is 0.276 e. The maximum absolute atomic E-state index is 12.9. The number of para-hydroxylation sites is 1. The summed E-state index contributed by atoms with van der Waals surface area (Å²) >= 11 is 0. The fourth-order valence-corrected chi connectivity index (χ4v) is 3.85. The Hall–Kier alpha value is -3.22. The number of primary amides is 1. The zero-order valence-electron chi connectivity index (χ0n) is 16.6. The van der Waals surface area contributed by atoms with Crippen molar-refractivity contribution in [1.29, 1.82) is 0 Å². The van der Waals surface area contributed by atoms with Crippen molar-refractivity contribution in [3.05, 3.63) is 59.1 Å².